The Bertz CT molecular complexity index is 1030. The van der Waals surface area contributed by atoms with Crippen LogP contribution < -0.4 is 10.1 Å². The molecule has 1 aliphatic heterocycles. The molecule has 0 bridgehead atoms. The van der Waals surface area contributed by atoms with Gasteiger partial charge in [0.15, 0.2) is 5.17 Å². The third-order valence-corrected chi connectivity index (χ3v) is 4.95. The second-order valence-electron chi connectivity index (χ2n) is 6.16. The summed E-state index contributed by atoms with van der Waals surface area (Å²) in [4.78, 5) is 17.3. The first-order chi connectivity index (χ1) is 13.8. The molecule has 0 unspecified atom stereocenters. The molecule has 4 nitrogen and oxygen atoms in total. The van der Waals surface area contributed by atoms with Gasteiger partial charge in [0.2, 0.25) is 0 Å². The van der Waals surface area contributed by atoms with Crippen LogP contribution in [0.15, 0.2) is 94.8 Å². The van der Waals surface area contributed by atoms with E-state index in [1.165, 1.54) is 11.8 Å². The van der Waals surface area contributed by atoms with Crippen LogP contribution in [0.3, 0.4) is 0 Å². The molecule has 0 atom stereocenters. The second-order valence-corrected chi connectivity index (χ2v) is 7.19. The number of para-hydroxylation sites is 1. The first-order valence-electron chi connectivity index (χ1n) is 8.88. The summed E-state index contributed by atoms with van der Waals surface area (Å²) < 4.78 is 5.86. The topological polar surface area (TPSA) is 50.7 Å². The summed E-state index contributed by atoms with van der Waals surface area (Å²) in [5.74, 6) is 0.620. The monoisotopic (exact) mass is 386 g/mol. The van der Waals surface area contributed by atoms with Gasteiger partial charge in [-0.1, -0.05) is 60.7 Å². The highest BCUT2D eigenvalue weighted by Crippen LogP contribution is 2.28. The first-order valence-corrected chi connectivity index (χ1v) is 9.69. The Hall–Kier alpha value is -3.31. The summed E-state index contributed by atoms with van der Waals surface area (Å²) in [5, 5.41) is 3.39. The van der Waals surface area contributed by atoms with Gasteiger partial charge in [0.1, 0.15) is 12.4 Å². The maximum absolute atomic E-state index is 12.3. The number of hydrogen-bond acceptors (Lipinski definition) is 4. The molecule has 0 aromatic heterocycles. The number of aliphatic imine (C=N–C) groups is 1. The minimum absolute atomic E-state index is 0.143. The molecular formula is C23H18N2O2S. The maximum atomic E-state index is 12.3. The third kappa shape index (κ3) is 4.69. The molecule has 4 rings (SSSR count). The van der Waals surface area contributed by atoms with Gasteiger partial charge in [0.25, 0.3) is 5.91 Å². The minimum atomic E-state index is -0.143. The van der Waals surface area contributed by atoms with Crippen molar-refractivity contribution in [3.05, 3.63) is 101 Å². The molecule has 1 saturated heterocycles. The zero-order valence-corrected chi connectivity index (χ0v) is 15.9. The van der Waals surface area contributed by atoms with E-state index in [-0.39, 0.29) is 5.91 Å². The Morgan fingerprint density at radius 3 is 2.46 bits per heavy atom. The number of nitrogens with zero attached hydrogens (tertiary/aromatic N) is 1. The molecule has 1 fully saturated rings. The molecular weight excluding hydrogens is 368 g/mol. The lowest BCUT2D eigenvalue weighted by Gasteiger charge is -2.07. The van der Waals surface area contributed by atoms with Crippen molar-refractivity contribution >= 4 is 34.6 Å². The second kappa shape index (κ2) is 8.59. The van der Waals surface area contributed by atoms with E-state index >= 15 is 0 Å². The van der Waals surface area contributed by atoms with Crippen LogP contribution in [0.4, 0.5) is 5.69 Å². The van der Waals surface area contributed by atoms with Crippen LogP contribution >= 0.6 is 11.8 Å². The number of carbonyl (C=O) groups is 1. The molecule has 0 radical (unpaired) electrons. The number of carbonyl (C=O) groups excluding carboxylic acids is 1. The molecule has 0 spiro atoms. The van der Waals surface area contributed by atoms with Gasteiger partial charge >= 0.3 is 0 Å². The van der Waals surface area contributed by atoms with E-state index in [0.717, 1.165) is 22.6 Å². The molecule has 1 heterocycles. The van der Waals surface area contributed by atoms with Crippen LogP contribution in [0.1, 0.15) is 11.1 Å². The molecule has 5 heteroatoms. The predicted molar refractivity (Wildman–Crippen MR) is 114 cm³/mol. The highest BCUT2D eigenvalue weighted by atomic mass is 32.2. The number of rotatable bonds is 5. The van der Waals surface area contributed by atoms with Gasteiger partial charge in [0, 0.05) is 0 Å². The molecule has 1 aliphatic rings. The summed E-state index contributed by atoms with van der Waals surface area (Å²) in [6.07, 6.45) is 1.85. The first kappa shape index (κ1) is 18.1. The van der Waals surface area contributed by atoms with Crippen LogP contribution in [0, 0.1) is 0 Å². The lowest BCUT2D eigenvalue weighted by molar-refractivity contribution is -0.115. The van der Waals surface area contributed by atoms with Crippen LogP contribution in [0.25, 0.3) is 6.08 Å². The average Bonchev–Trinajstić information content (AvgIpc) is 3.07. The molecule has 138 valence electrons. The van der Waals surface area contributed by atoms with Crippen molar-refractivity contribution in [2.45, 2.75) is 6.61 Å². The quantitative estimate of drug-likeness (QED) is 0.617. The van der Waals surface area contributed by atoms with Crippen LogP contribution in [0.5, 0.6) is 5.75 Å². The Balaban J connectivity index is 1.46. The van der Waals surface area contributed by atoms with Crippen LogP contribution in [-0.4, -0.2) is 11.1 Å². The number of ether oxygens (including phenoxy) is 1. The zero-order chi connectivity index (χ0) is 19.2. The van der Waals surface area contributed by atoms with E-state index < -0.39 is 0 Å². The summed E-state index contributed by atoms with van der Waals surface area (Å²) >= 11 is 1.33. The minimum Gasteiger partial charge on any atom is -0.489 e. The predicted octanol–water partition coefficient (Wildman–Crippen LogP) is 5.16. The van der Waals surface area contributed by atoms with Crippen molar-refractivity contribution in [1.29, 1.82) is 0 Å². The Morgan fingerprint density at radius 1 is 0.929 bits per heavy atom. The normalized spacial score (nSPS) is 16.4. The number of thioether (sulfide) groups is 1. The van der Waals surface area contributed by atoms with E-state index in [1.807, 2.05) is 91.0 Å². The molecule has 0 saturated carbocycles. The summed E-state index contributed by atoms with van der Waals surface area (Å²) in [6, 6.07) is 27.3. The Morgan fingerprint density at radius 2 is 1.68 bits per heavy atom. The average molecular weight is 386 g/mol. The molecule has 28 heavy (non-hydrogen) atoms. The highest BCUT2D eigenvalue weighted by Gasteiger charge is 2.23. The molecule has 1 amide bonds. The van der Waals surface area contributed by atoms with E-state index in [2.05, 4.69) is 10.3 Å². The van der Waals surface area contributed by atoms with Crippen molar-refractivity contribution in [3.8, 4) is 5.75 Å². The molecule has 3 aromatic carbocycles. The van der Waals surface area contributed by atoms with Gasteiger partial charge in [-0.3, -0.25) is 4.79 Å². The van der Waals surface area contributed by atoms with Gasteiger partial charge in [-0.15, -0.1) is 0 Å². The van der Waals surface area contributed by atoms with Gasteiger partial charge < -0.3 is 10.1 Å². The van der Waals surface area contributed by atoms with Gasteiger partial charge in [0.05, 0.1) is 10.6 Å². The van der Waals surface area contributed by atoms with E-state index in [1.54, 1.807) is 0 Å². The van der Waals surface area contributed by atoms with Crippen molar-refractivity contribution in [1.82, 2.24) is 5.32 Å². The smallest absolute Gasteiger partial charge is 0.264 e. The zero-order valence-electron chi connectivity index (χ0n) is 15.0. The number of benzene rings is 3. The molecule has 0 aliphatic carbocycles. The Labute approximate surface area is 168 Å². The number of amidine groups is 1. The number of hydrogen-bond donors (Lipinski definition) is 1. The van der Waals surface area contributed by atoms with E-state index in [4.69, 9.17) is 4.74 Å². The van der Waals surface area contributed by atoms with Gasteiger partial charge in [-0.05, 0) is 53.2 Å². The summed E-state index contributed by atoms with van der Waals surface area (Å²) in [6.45, 7) is 0.504. The van der Waals surface area contributed by atoms with Crippen molar-refractivity contribution < 1.29 is 9.53 Å². The Kier molecular flexibility index (Phi) is 5.54. The van der Waals surface area contributed by atoms with Crippen LogP contribution in [0.2, 0.25) is 0 Å². The highest BCUT2D eigenvalue weighted by molar-refractivity contribution is 8.18. The largest absolute Gasteiger partial charge is 0.489 e. The van der Waals surface area contributed by atoms with E-state index in [0.29, 0.717) is 16.7 Å². The fourth-order valence-corrected chi connectivity index (χ4v) is 3.53. The molecule has 1 N–H and O–H groups in total. The van der Waals surface area contributed by atoms with Crippen molar-refractivity contribution in [2.24, 2.45) is 4.99 Å². The lowest BCUT2D eigenvalue weighted by Crippen LogP contribution is -2.19. The fraction of sp³-hybridized carbons (Fsp3) is 0.0435. The summed E-state index contributed by atoms with van der Waals surface area (Å²) in [5.41, 5.74) is 2.82. The fourth-order valence-electron chi connectivity index (χ4n) is 2.69. The summed E-state index contributed by atoms with van der Waals surface area (Å²) in [7, 11) is 0. The maximum Gasteiger partial charge on any atom is 0.264 e. The SMILES string of the molecule is O=C1NC(=Nc2ccccc2)S/C1=C/c1cccc(OCc2ccccc2)c1. The van der Waals surface area contributed by atoms with Gasteiger partial charge in [-0.25, -0.2) is 4.99 Å². The van der Waals surface area contributed by atoms with Crippen molar-refractivity contribution in [3.63, 3.8) is 0 Å². The van der Waals surface area contributed by atoms with Gasteiger partial charge in [-0.2, -0.15) is 0 Å². The van der Waals surface area contributed by atoms with Crippen LogP contribution in [-0.2, 0) is 11.4 Å². The number of nitrogens with one attached hydrogen (secondary N) is 1. The van der Waals surface area contributed by atoms with Crippen molar-refractivity contribution in [2.75, 3.05) is 0 Å². The number of amides is 1. The standard InChI is InChI=1S/C23H18N2O2S/c26-22-21(28-23(25-22)24-19-11-5-2-6-12-19)15-18-10-7-13-20(14-18)27-16-17-8-3-1-4-9-17/h1-15H,16H2,(H,24,25,26)/b21-15+. The van der Waals surface area contributed by atoms with E-state index in [9.17, 15) is 4.79 Å². The lowest BCUT2D eigenvalue weighted by atomic mass is 10.2. The third-order valence-electron chi connectivity index (χ3n) is 4.04. The molecule has 3 aromatic rings.